The number of nitrogens with zero attached hydrogens (tertiary/aromatic N) is 1. The monoisotopic (exact) mass is 336 g/mol. The predicted octanol–water partition coefficient (Wildman–Crippen LogP) is 4.47. The van der Waals surface area contributed by atoms with Crippen LogP contribution in [0.1, 0.15) is 41.4 Å². The summed E-state index contributed by atoms with van der Waals surface area (Å²) in [6.07, 6.45) is 0.457. The van der Waals surface area contributed by atoms with E-state index in [1.54, 1.807) is 18.2 Å². The maximum atomic E-state index is 13.7. The van der Waals surface area contributed by atoms with Gasteiger partial charge in [-0.15, -0.1) is 0 Å². The quantitative estimate of drug-likeness (QED) is 0.747. The molecule has 3 rings (SSSR count). The lowest BCUT2D eigenvalue weighted by Crippen LogP contribution is -2.26. The van der Waals surface area contributed by atoms with Crippen molar-refractivity contribution in [2.24, 2.45) is 0 Å². The van der Waals surface area contributed by atoms with E-state index in [1.807, 2.05) is 30.3 Å². The second kappa shape index (κ2) is 7.43. The molecule has 1 N–H and O–H groups in total. The summed E-state index contributed by atoms with van der Waals surface area (Å²) >= 11 is 0. The summed E-state index contributed by atoms with van der Waals surface area (Å²) in [5.74, 6) is -0.167. The number of nitrogens with one attached hydrogen (secondary N) is 1. The number of hydrogen-bond acceptors (Lipinski definition) is 2. The number of carbonyl (C=O) groups excluding carboxylic acids is 1. The fourth-order valence-electron chi connectivity index (χ4n) is 2.79. The van der Waals surface area contributed by atoms with Crippen LogP contribution >= 0.6 is 0 Å². The second-order valence-electron chi connectivity index (χ2n) is 6.36. The van der Waals surface area contributed by atoms with Crippen LogP contribution in [0.5, 0.6) is 0 Å². The van der Waals surface area contributed by atoms with Gasteiger partial charge < -0.3 is 5.32 Å². The number of para-hydroxylation sites is 1. The van der Waals surface area contributed by atoms with Gasteiger partial charge in [0.05, 0.1) is 11.1 Å². The maximum absolute atomic E-state index is 13.7. The van der Waals surface area contributed by atoms with Gasteiger partial charge in [0.2, 0.25) is 0 Å². The van der Waals surface area contributed by atoms with Crippen LogP contribution in [-0.2, 0) is 6.42 Å². The molecule has 0 bridgehead atoms. The molecule has 25 heavy (non-hydrogen) atoms. The zero-order chi connectivity index (χ0) is 17.8. The van der Waals surface area contributed by atoms with Crippen molar-refractivity contribution < 1.29 is 9.18 Å². The average molecular weight is 336 g/mol. The normalized spacial score (nSPS) is 11.0. The van der Waals surface area contributed by atoms with Crippen molar-refractivity contribution in [2.75, 3.05) is 6.54 Å². The van der Waals surface area contributed by atoms with Crippen molar-refractivity contribution in [3.05, 3.63) is 77.2 Å². The van der Waals surface area contributed by atoms with Crippen LogP contribution in [0, 0.1) is 5.82 Å². The minimum Gasteiger partial charge on any atom is -0.352 e. The number of fused-ring (bicyclic) bond motifs is 1. The van der Waals surface area contributed by atoms with Crippen molar-refractivity contribution in [3.63, 3.8) is 0 Å². The summed E-state index contributed by atoms with van der Waals surface area (Å²) in [7, 11) is 0. The molecular formula is C21H21FN2O. The highest BCUT2D eigenvalue weighted by atomic mass is 19.1. The zero-order valence-electron chi connectivity index (χ0n) is 14.4. The van der Waals surface area contributed by atoms with E-state index < -0.39 is 0 Å². The van der Waals surface area contributed by atoms with E-state index >= 15 is 0 Å². The number of rotatable bonds is 5. The second-order valence-corrected chi connectivity index (χ2v) is 6.36. The zero-order valence-corrected chi connectivity index (χ0v) is 14.4. The molecule has 0 atom stereocenters. The highest BCUT2D eigenvalue weighted by molar-refractivity contribution is 6.06. The summed E-state index contributed by atoms with van der Waals surface area (Å²) < 4.78 is 13.7. The molecule has 0 radical (unpaired) electrons. The third-order valence-corrected chi connectivity index (χ3v) is 4.21. The van der Waals surface area contributed by atoms with Crippen molar-refractivity contribution in [2.45, 2.75) is 26.2 Å². The number of halogens is 1. The molecule has 0 fully saturated rings. The summed E-state index contributed by atoms with van der Waals surface area (Å²) in [6.45, 7) is 4.49. The van der Waals surface area contributed by atoms with Gasteiger partial charge in [0.15, 0.2) is 0 Å². The van der Waals surface area contributed by atoms with Gasteiger partial charge in [-0.05, 0) is 36.1 Å². The van der Waals surface area contributed by atoms with E-state index in [0.29, 0.717) is 24.1 Å². The first kappa shape index (κ1) is 17.1. The molecular weight excluding hydrogens is 315 g/mol. The van der Waals surface area contributed by atoms with Crippen molar-refractivity contribution in [1.29, 1.82) is 0 Å². The van der Waals surface area contributed by atoms with E-state index in [0.717, 1.165) is 16.6 Å². The van der Waals surface area contributed by atoms with Crippen molar-refractivity contribution in [3.8, 4) is 0 Å². The number of carbonyl (C=O) groups is 1. The van der Waals surface area contributed by atoms with Gasteiger partial charge >= 0.3 is 0 Å². The Morgan fingerprint density at radius 2 is 1.84 bits per heavy atom. The van der Waals surface area contributed by atoms with Gasteiger partial charge in [-0.25, -0.2) is 4.39 Å². The smallest absolute Gasteiger partial charge is 0.252 e. The van der Waals surface area contributed by atoms with E-state index in [1.165, 1.54) is 6.07 Å². The van der Waals surface area contributed by atoms with Crippen molar-refractivity contribution in [1.82, 2.24) is 10.3 Å². The molecule has 1 aromatic heterocycles. The Hall–Kier alpha value is -2.75. The fourth-order valence-corrected chi connectivity index (χ4v) is 2.79. The van der Waals surface area contributed by atoms with Crippen LogP contribution in [0.15, 0.2) is 54.6 Å². The number of hydrogen-bond donors (Lipinski definition) is 1. The van der Waals surface area contributed by atoms with Crippen LogP contribution in [-0.4, -0.2) is 17.4 Å². The van der Waals surface area contributed by atoms with Gasteiger partial charge in [0.1, 0.15) is 5.82 Å². The lowest BCUT2D eigenvalue weighted by Gasteiger charge is -2.12. The number of amides is 1. The van der Waals surface area contributed by atoms with E-state index in [2.05, 4.69) is 24.1 Å². The standard InChI is InChI=1S/C21H21FN2O/c1-14(2)20-13-17(16-8-4-6-10-19(16)24-20)21(25)23-12-11-15-7-3-5-9-18(15)22/h3-10,13-14H,11-12H2,1-2H3,(H,23,25). The maximum Gasteiger partial charge on any atom is 0.252 e. The summed E-state index contributed by atoms with van der Waals surface area (Å²) in [5, 5.41) is 3.73. The minimum absolute atomic E-state index is 0.156. The number of benzene rings is 2. The van der Waals surface area contributed by atoms with E-state index in [-0.39, 0.29) is 17.6 Å². The first-order valence-electron chi connectivity index (χ1n) is 8.47. The molecule has 0 unspecified atom stereocenters. The molecule has 3 aromatic rings. The summed E-state index contributed by atoms with van der Waals surface area (Å²) in [4.78, 5) is 17.3. The molecule has 1 heterocycles. The molecule has 0 saturated heterocycles. The number of aromatic nitrogens is 1. The molecule has 0 aliphatic heterocycles. The molecule has 3 nitrogen and oxygen atoms in total. The molecule has 0 aliphatic rings. The Morgan fingerprint density at radius 1 is 1.12 bits per heavy atom. The molecule has 2 aromatic carbocycles. The third kappa shape index (κ3) is 3.85. The van der Waals surface area contributed by atoms with Gasteiger partial charge in [-0.1, -0.05) is 50.2 Å². The minimum atomic E-state index is -0.242. The van der Waals surface area contributed by atoms with Gasteiger partial charge in [0, 0.05) is 17.6 Å². The first-order chi connectivity index (χ1) is 12.1. The van der Waals surface area contributed by atoms with Crippen LogP contribution in [0.3, 0.4) is 0 Å². The van der Waals surface area contributed by atoms with Gasteiger partial charge in [-0.2, -0.15) is 0 Å². The van der Waals surface area contributed by atoms with E-state index in [9.17, 15) is 9.18 Å². The largest absolute Gasteiger partial charge is 0.352 e. The lowest BCUT2D eigenvalue weighted by atomic mass is 10.0. The Labute approximate surface area is 146 Å². The van der Waals surface area contributed by atoms with Crippen LogP contribution in [0.4, 0.5) is 4.39 Å². The van der Waals surface area contributed by atoms with E-state index in [4.69, 9.17) is 0 Å². The summed E-state index contributed by atoms with van der Waals surface area (Å²) in [5.41, 5.74) is 2.92. The highest BCUT2D eigenvalue weighted by Crippen LogP contribution is 2.22. The Balaban J connectivity index is 1.80. The average Bonchev–Trinajstić information content (AvgIpc) is 2.62. The van der Waals surface area contributed by atoms with Crippen LogP contribution in [0.2, 0.25) is 0 Å². The third-order valence-electron chi connectivity index (χ3n) is 4.21. The Bertz CT molecular complexity index is 905. The first-order valence-corrected chi connectivity index (χ1v) is 8.47. The van der Waals surface area contributed by atoms with Gasteiger partial charge in [0.25, 0.3) is 5.91 Å². The topological polar surface area (TPSA) is 42.0 Å². The Kier molecular flexibility index (Phi) is 5.08. The number of pyridine rings is 1. The Morgan fingerprint density at radius 3 is 2.60 bits per heavy atom. The molecule has 0 spiro atoms. The molecule has 0 aliphatic carbocycles. The van der Waals surface area contributed by atoms with Crippen molar-refractivity contribution >= 4 is 16.8 Å². The highest BCUT2D eigenvalue weighted by Gasteiger charge is 2.14. The van der Waals surface area contributed by atoms with Crippen LogP contribution < -0.4 is 5.32 Å². The van der Waals surface area contributed by atoms with Gasteiger partial charge in [-0.3, -0.25) is 9.78 Å². The predicted molar refractivity (Wildman–Crippen MR) is 98.3 cm³/mol. The molecule has 4 heteroatoms. The summed E-state index contributed by atoms with van der Waals surface area (Å²) in [6, 6.07) is 16.1. The SMILES string of the molecule is CC(C)c1cc(C(=O)NCCc2ccccc2F)c2ccccc2n1. The van der Waals surface area contributed by atoms with Crippen LogP contribution in [0.25, 0.3) is 10.9 Å². The fraction of sp³-hybridized carbons (Fsp3) is 0.238. The lowest BCUT2D eigenvalue weighted by molar-refractivity contribution is 0.0955. The molecule has 128 valence electrons. The molecule has 1 amide bonds. The molecule has 0 saturated carbocycles.